The number of halogens is 1. The SMILES string of the molecule is CCc1ccccc1Nc1cccc(F)n1. The van der Waals surface area contributed by atoms with Gasteiger partial charge in [0, 0.05) is 5.69 Å². The number of para-hydroxylation sites is 1. The first-order valence-corrected chi connectivity index (χ1v) is 5.27. The minimum atomic E-state index is -0.473. The predicted molar refractivity (Wildman–Crippen MR) is 63.3 cm³/mol. The molecule has 0 radical (unpaired) electrons. The van der Waals surface area contributed by atoms with Crippen molar-refractivity contribution in [3.05, 3.63) is 54.0 Å². The third-order valence-electron chi connectivity index (χ3n) is 2.38. The molecule has 0 aliphatic heterocycles. The van der Waals surface area contributed by atoms with Crippen LogP contribution in [0, 0.1) is 5.95 Å². The number of benzene rings is 1. The molecule has 0 bridgehead atoms. The van der Waals surface area contributed by atoms with E-state index in [1.807, 2.05) is 24.3 Å². The van der Waals surface area contributed by atoms with Crippen LogP contribution in [-0.4, -0.2) is 4.98 Å². The van der Waals surface area contributed by atoms with E-state index in [0.29, 0.717) is 5.82 Å². The molecule has 2 rings (SSSR count). The number of anilines is 2. The Morgan fingerprint density at radius 2 is 1.94 bits per heavy atom. The lowest BCUT2D eigenvalue weighted by molar-refractivity contribution is 0.585. The van der Waals surface area contributed by atoms with Gasteiger partial charge in [-0.15, -0.1) is 0 Å². The lowest BCUT2D eigenvalue weighted by atomic mass is 10.1. The molecule has 16 heavy (non-hydrogen) atoms. The minimum absolute atomic E-state index is 0.473. The number of hydrogen-bond donors (Lipinski definition) is 1. The second kappa shape index (κ2) is 4.75. The Kier molecular flexibility index (Phi) is 3.15. The number of pyridine rings is 1. The summed E-state index contributed by atoms with van der Waals surface area (Å²) in [6.45, 7) is 2.08. The Hall–Kier alpha value is -1.90. The third-order valence-corrected chi connectivity index (χ3v) is 2.38. The lowest BCUT2D eigenvalue weighted by Crippen LogP contribution is -1.97. The van der Waals surface area contributed by atoms with E-state index < -0.39 is 5.95 Å². The average molecular weight is 216 g/mol. The van der Waals surface area contributed by atoms with Crippen molar-refractivity contribution in [1.29, 1.82) is 0 Å². The van der Waals surface area contributed by atoms with E-state index in [1.165, 1.54) is 11.6 Å². The third kappa shape index (κ3) is 2.37. The minimum Gasteiger partial charge on any atom is -0.340 e. The summed E-state index contributed by atoms with van der Waals surface area (Å²) in [6.07, 6.45) is 0.929. The first kappa shape index (κ1) is 10.6. The summed E-state index contributed by atoms with van der Waals surface area (Å²) in [5, 5.41) is 3.11. The van der Waals surface area contributed by atoms with Gasteiger partial charge in [-0.3, -0.25) is 0 Å². The van der Waals surface area contributed by atoms with Crippen LogP contribution in [0.1, 0.15) is 12.5 Å². The molecule has 1 heterocycles. The quantitative estimate of drug-likeness (QED) is 0.794. The van der Waals surface area contributed by atoms with Crippen molar-refractivity contribution >= 4 is 11.5 Å². The number of aromatic nitrogens is 1. The van der Waals surface area contributed by atoms with Crippen molar-refractivity contribution in [2.24, 2.45) is 0 Å². The Labute approximate surface area is 94.2 Å². The van der Waals surface area contributed by atoms with Gasteiger partial charge < -0.3 is 5.32 Å². The molecule has 2 nitrogen and oxygen atoms in total. The van der Waals surface area contributed by atoms with E-state index in [2.05, 4.69) is 17.2 Å². The van der Waals surface area contributed by atoms with Gasteiger partial charge in [0.1, 0.15) is 5.82 Å². The highest BCUT2D eigenvalue weighted by Crippen LogP contribution is 2.19. The summed E-state index contributed by atoms with van der Waals surface area (Å²) < 4.78 is 12.9. The zero-order valence-corrected chi connectivity index (χ0v) is 9.07. The fourth-order valence-electron chi connectivity index (χ4n) is 1.57. The molecule has 1 aromatic carbocycles. The standard InChI is InChI=1S/C13H13FN2/c1-2-10-6-3-4-7-11(10)15-13-9-5-8-12(14)16-13/h3-9H,2H2,1H3,(H,15,16). The first-order valence-electron chi connectivity index (χ1n) is 5.27. The van der Waals surface area contributed by atoms with Gasteiger partial charge in [0.15, 0.2) is 0 Å². The molecule has 0 amide bonds. The van der Waals surface area contributed by atoms with Crippen molar-refractivity contribution in [3.63, 3.8) is 0 Å². The summed E-state index contributed by atoms with van der Waals surface area (Å²) in [5.74, 6) is 0.0554. The predicted octanol–water partition coefficient (Wildman–Crippen LogP) is 3.53. The highest BCUT2D eigenvalue weighted by molar-refractivity contribution is 5.60. The lowest BCUT2D eigenvalue weighted by Gasteiger charge is -2.09. The van der Waals surface area contributed by atoms with Crippen LogP contribution >= 0.6 is 0 Å². The zero-order valence-electron chi connectivity index (χ0n) is 9.07. The molecule has 2 aromatic rings. The van der Waals surface area contributed by atoms with Gasteiger partial charge in [-0.25, -0.2) is 4.98 Å². The van der Waals surface area contributed by atoms with Crippen LogP contribution in [0.2, 0.25) is 0 Å². The van der Waals surface area contributed by atoms with Gasteiger partial charge in [-0.2, -0.15) is 4.39 Å². The zero-order chi connectivity index (χ0) is 11.4. The smallest absolute Gasteiger partial charge is 0.214 e. The number of nitrogens with zero attached hydrogens (tertiary/aromatic N) is 1. The number of nitrogens with one attached hydrogen (secondary N) is 1. The Bertz CT molecular complexity index is 483. The number of aryl methyl sites for hydroxylation is 1. The molecule has 82 valence electrons. The molecule has 0 aliphatic carbocycles. The molecule has 1 aromatic heterocycles. The van der Waals surface area contributed by atoms with Crippen molar-refractivity contribution in [2.45, 2.75) is 13.3 Å². The fraction of sp³-hybridized carbons (Fsp3) is 0.154. The fourth-order valence-corrected chi connectivity index (χ4v) is 1.57. The van der Waals surface area contributed by atoms with Crippen LogP contribution < -0.4 is 5.32 Å². The normalized spacial score (nSPS) is 10.1. The number of hydrogen-bond acceptors (Lipinski definition) is 2. The Morgan fingerprint density at radius 3 is 2.69 bits per heavy atom. The molecule has 1 N–H and O–H groups in total. The van der Waals surface area contributed by atoms with Gasteiger partial charge in [0.2, 0.25) is 5.95 Å². The van der Waals surface area contributed by atoms with E-state index in [9.17, 15) is 4.39 Å². The van der Waals surface area contributed by atoms with Crippen LogP contribution in [0.5, 0.6) is 0 Å². The van der Waals surface area contributed by atoms with Gasteiger partial charge in [-0.1, -0.05) is 31.2 Å². The second-order valence-corrected chi connectivity index (χ2v) is 3.48. The van der Waals surface area contributed by atoms with Crippen LogP contribution in [0.25, 0.3) is 0 Å². The molecule has 0 aliphatic rings. The van der Waals surface area contributed by atoms with Gasteiger partial charge in [0.05, 0.1) is 0 Å². The summed E-state index contributed by atoms with van der Waals surface area (Å²) in [7, 11) is 0. The molecular weight excluding hydrogens is 203 g/mol. The molecule has 3 heteroatoms. The highest BCUT2D eigenvalue weighted by atomic mass is 19.1. The maximum absolute atomic E-state index is 12.9. The van der Waals surface area contributed by atoms with E-state index in [0.717, 1.165) is 12.1 Å². The molecular formula is C13H13FN2. The van der Waals surface area contributed by atoms with Crippen LogP contribution in [-0.2, 0) is 6.42 Å². The maximum Gasteiger partial charge on any atom is 0.214 e. The van der Waals surface area contributed by atoms with Crippen molar-refractivity contribution in [2.75, 3.05) is 5.32 Å². The summed E-state index contributed by atoms with van der Waals surface area (Å²) in [4.78, 5) is 3.77. The van der Waals surface area contributed by atoms with Gasteiger partial charge >= 0.3 is 0 Å². The van der Waals surface area contributed by atoms with Crippen molar-refractivity contribution < 1.29 is 4.39 Å². The van der Waals surface area contributed by atoms with Gasteiger partial charge in [0.25, 0.3) is 0 Å². The maximum atomic E-state index is 12.9. The molecule has 0 saturated carbocycles. The second-order valence-electron chi connectivity index (χ2n) is 3.48. The monoisotopic (exact) mass is 216 g/mol. The summed E-state index contributed by atoms with van der Waals surface area (Å²) in [6, 6.07) is 12.7. The Morgan fingerprint density at radius 1 is 1.12 bits per heavy atom. The molecule has 0 unspecified atom stereocenters. The van der Waals surface area contributed by atoms with E-state index in [1.54, 1.807) is 12.1 Å². The average Bonchev–Trinajstić information content (AvgIpc) is 2.30. The van der Waals surface area contributed by atoms with Crippen molar-refractivity contribution in [3.8, 4) is 0 Å². The van der Waals surface area contributed by atoms with Crippen LogP contribution in [0.15, 0.2) is 42.5 Å². The first-order chi connectivity index (χ1) is 7.79. The molecule has 0 atom stereocenters. The number of rotatable bonds is 3. The summed E-state index contributed by atoms with van der Waals surface area (Å²) >= 11 is 0. The summed E-state index contributed by atoms with van der Waals surface area (Å²) in [5.41, 5.74) is 2.16. The molecule has 0 saturated heterocycles. The Balaban J connectivity index is 2.26. The van der Waals surface area contributed by atoms with E-state index >= 15 is 0 Å². The molecule has 0 spiro atoms. The largest absolute Gasteiger partial charge is 0.340 e. The van der Waals surface area contributed by atoms with E-state index in [-0.39, 0.29) is 0 Å². The van der Waals surface area contributed by atoms with Crippen LogP contribution in [0.4, 0.5) is 15.9 Å². The topological polar surface area (TPSA) is 24.9 Å². The van der Waals surface area contributed by atoms with Crippen molar-refractivity contribution in [1.82, 2.24) is 4.98 Å². The molecule has 0 fully saturated rings. The van der Waals surface area contributed by atoms with E-state index in [4.69, 9.17) is 0 Å². The van der Waals surface area contributed by atoms with Gasteiger partial charge in [-0.05, 0) is 30.2 Å². The highest BCUT2D eigenvalue weighted by Gasteiger charge is 2.01. The van der Waals surface area contributed by atoms with Crippen LogP contribution in [0.3, 0.4) is 0 Å².